The average Bonchev–Trinajstić information content (AvgIpc) is 2.35. The van der Waals surface area contributed by atoms with Crippen molar-refractivity contribution in [2.45, 2.75) is 23.1 Å². The summed E-state index contributed by atoms with van der Waals surface area (Å²) >= 11 is 2.06. The number of hydrogen-bond donors (Lipinski definition) is 2. The second kappa shape index (κ2) is 10.3. The molecule has 0 saturated heterocycles. The highest BCUT2D eigenvalue weighted by molar-refractivity contribution is 7.99. The van der Waals surface area contributed by atoms with Crippen LogP contribution in [-0.2, 0) is 4.79 Å². The van der Waals surface area contributed by atoms with Gasteiger partial charge in [0.25, 0.3) is 5.76 Å². The molecule has 3 N–H and O–H groups in total. The Kier molecular flexibility index (Phi) is 10.0. The number of hydrogen-bond acceptors (Lipinski definition) is 4. The van der Waals surface area contributed by atoms with Crippen molar-refractivity contribution >= 4 is 47.5 Å². The summed E-state index contributed by atoms with van der Waals surface area (Å²) in [5, 5.41) is 2.63. The van der Waals surface area contributed by atoms with E-state index in [0.29, 0.717) is 28.8 Å². The van der Waals surface area contributed by atoms with Crippen LogP contribution in [0.5, 0.6) is 0 Å². The van der Waals surface area contributed by atoms with Crippen molar-refractivity contribution < 1.29 is 13.6 Å². The number of anilines is 1. The molecule has 0 aliphatic rings. The minimum atomic E-state index is -2.48. The van der Waals surface area contributed by atoms with Crippen LogP contribution >= 0.6 is 35.9 Å². The van der Waals surface area contributed by atoms with Crippen molar-refractivity contribution in [3.8, 4) is 0 Å². The number of carbonyl (C=O) groups is 1. The first-order chi connectivity index (χ1) is 9.02. The summed E-state index contributed by atoms with van der Waals surface area (Å²) < 4.78 is 24.5. The predicted molar refractivity (Wildman–Crippen MR) is 85.2 cm³/mol. The van der Waals surface area contributed by atoms with Gasteiger partial charge < -0.3 is 11.1 Å². The molecule has 8 heteroatoms. The van der Waals surface area contributed by atoms with Gasteiger partial charge in [-0.3, -0.25) is 4.79 Å². The van der Waals surface area contributed by atoms with E-state index < -0.39 is 11.8 Å². The number of carbonyl (C=O) groups excluding carboxylic acids is 1. The highest BCUT2D eigenvalue weighted by Crippen LogP contribution is 2.27. The van der Waals surface area contributed by atoms with Crippen LogP contribution in [0.25, 0.3) is 0 Å². The standard InChI is InChI=1S/C12H16F2N2OS2.ClH/c1-18-6-5-10(15)11(17)16-8-3-2-4-9(7-8)19-12(13)14;/h2-4,7,10,12H,5-6,15H2,1H3,(H,16,17);1H/t10-;/m0./s1. The van der Waals surface area contributed by atoms with Crippen LogP contribution in [0.4, 0.5) is 14.5 Å². The fraction of sp³-hybridized carbons (Fsp3) is 0.417. The molecule has 0 bridgehead atoms. The molecule has 114 valence electrons. The molecule has 20 heavy (non-hydrogen) atoms. The molecule has 0 aromatic heterocycles. The second-order valence-electron chi connectivity index (χ2n) is 3.78. The quantitative estimate of drug-likeness (QED) is 0.745. The highest BCUT2D eigenvalue weighted by atomic mass is 35.5. The highest BCUT2D eigenvalue weighted by Gasteiger charge is 2.13. The van der Waals surface area contributed by atoms with Crippen LogP contribution in [0.3, 0.4) is 0 Å². The lowest BCUT2D eigenvalue weighted by atomic mass is 10.2. The van der Waals surface area contributed by atoms with E-state index in [4.69, 9.17) is 5.73 Å². The number of amides is 1. The maximum Gasteiger partial charge on any atom is 0.288 e. The molecule has 1 rings (SSSR count). The van der Waals surface area contributed by atoms with E-state index in [0.717, 1.165) is 5.75 Å². The molecule has 0 unspecified atom stereocenters. The first-order valence-corrected chi connectivity index (χ1v) is 7.90. The SMILES string of the molecule is CSCC[C@H](N)C(=O)Nc1cccc(SC(F)F)c1.Cl. The minimum absolute atomic E-state index is 0. The average molecular weight is 343 g/mol. The fourth-order valence-electron chi connectivity index (χ4n) is 1.36. The van der Waals surface area contributed by atoms with Gasteiger partial charge in [0.05, 0.1) is 6.04 Å². The van der Waals surface area contributed by atoms with E-state index in [1.54, 1.807) is 30.0 Å². The first kappa shape index (κ1) is 19.5. The van der Waals surface area contributed by atoms with Gasteiger partial charge in [0, 0.05) is 10.6 Å². The van der Waals surface area contributed by atoms with Crippen LogP contribution in [0.1, 0.15) is 6.42 Å². The summed E-state index contributed by atoms with van der Waals surface area (Å²) in [7, 11) is 0. The van der Waals surface area contributed by atoms with Gasteiger partial charge in [0.15, 0.2) is 0 Å². The van der Waals surface area contributed by atoms with E-state index in [-0.39, 0.29) is 18.3 Å². The summed E-state index contributed by atoms with van der Waals surface area (Å²) in [6.45, 7) is 0. The van der Waals surface area contributed by atoms with Crippen molar-refractivity contribution in [2.24, 2.45) is 5.73 Å². The van der Waals surface area contributed by atoms with Crippen LogP contribution in [0.2, 0.25) is 0 Å². The summed E-state index contributed by atoms with van der Waals surface area (Å²) in [5.41, 5.74) is 6.20. The maximum absolute atomic E-state index is 12.2. The number of benzene rings is 1. The van der Waals surface area contributed by atoms with Crippen molar-refractivity contribution in [3.63, 3.8) is 0 Å². The van der Waals surface area contributed by atoms with Crippen molar-refractivity contribution in [3.05, 3.63) is 24.3 Å². The Labute approximate surface area is 131 Å². The number of alkyl halides is 2. The number of nitrogens with one attached hydrogen (secondary N) is 1. The zero-order valence-electron chi connectivity index (χ0n) is 10.8. The summed E-state index contributed by atoms with van der Waals surface area (Å²) in [6.07, 6.45) is 2.52. The van der Waals surface area contributed by atoms with Gasteiger partial charge in [0.2, 0.25) is 5.91 Å². The molecule has 1 aromatic rings. The Bertz CT molecular complexity index is 424. The van der Waals surface area contributed by atoms with Gasteiger partial charge >= 0.3 is 0 Å². The molecular formula is C12H17ClF2N2OS2. The Balaban J connectivity index is 0.00000361. The smallest absolute Gasteiger partial charge is 0.288 e. The normalized spacial score (nSPS) is 11.8. The predicted octanol–water partition coefficient (Wildman–Crippen LogP) is 3.44. The van der Waals surface area contributed by atoms with Crippen LogP contribution in [0.15, 0.2) is 29.2 Å². The maximum atomic E-state index is 12.2. The molecule has 0 aliphatic carbocycles. The van der Waals surface area contributed by atoms with Gasteiger partial charge in [-0.15, -0.1) is 12.4 Å². The number of rotatable bonds is 7. The van der Waals surface area contributed by atoms with E-state index in [2.05, 4.69) is 5.32 Å². The van der Waals surface area contributed by atoms with Crippen LogP contribution in [-0.4, -0.2) is 29.7 Å². The lowest BCUT2D eigenvalue weighted by Gasteiger charge is -2.12. The lowest BCUT2D eigenvalue weighted by molar-refractivity contribution is -0.117. The van der Waals surface area contributed by atoms with Gasteiger partial charge in [0.1, 0.15) is 0 Å². The largest absolute Gasteiger partial charge is 0.325 e. The molecule has 1 aromatic carbocycles. The van der Waals surface area contributed by atoms with E-state index in [1.165, 1.54) is 6.07 Å². The lowest BCUT2D eigenvalue weighted by Crippen LogP contribution is -2.36. The van der Waals surface area contributed by atoms with Crippen molar-refractivity contribution in [1.29, 1.82) is 0 Å². The number of nitrogens with two attached hydrogens (primary N) is 1. The Morgan fingerprint density at radius 2 is 2.15 bits per heavy atom. The molecule has 0 radical (unpaired) electrons. The van der Waals surface area contributed by atoms with E-state index >= 15 is 0 Å². The third kappa shape index (κ3) is 7.33. The van der Waals surface area contributed by atoms with Crippen molar-refractivity contribution in [2.75, 3.05) is 17.3 Å². The third-order valence-electron chi connectivity index (χ3n) is 2.30. The molecule has 0 heterocycles. The van der Waals surface area contributed by atoms with Gasteiger partial charge in [-0.1, -0.05) is 17.8 Å². The zero-order chi connectivity index (χ0) is 14.3. The monoisotopic (exact) mass is 342 g/mol. The van der Waals surface area contributed by atoms with Crippen molar-refractivity contribution in [1.82, 2.24) is 0 Å². The Morgan fingerprint density at radius 1 is 1.45 bits per heavy atom. The zero-order valence-corrected chi connectivity index (χ0v) is 13.3. The van der Waals surface area contributed by atoms with E-state index in [1.807, 2.05) is 6.26 Å². The number of halogens is 3. The summed E-state index contributed by atoms with van der Waals surface area (Å²) in [6, 6.07) is 5.76. The Morgan fingerprint density at radius 3 is 2.75 bits per heavy atom. The fourth-order valence-corrected chi connectivity index (χ4v) is 2.41. The molecule has 1 atom stereocenters. The molecule has 0 fully saturated rings. The van der Waals surface area contributed by atoms with Crippen LogP contribution in [0, 0.1) is 0 Å². The van der Waals surface area contributed by atoms with E-state index in [9.17, 15) is 13.6 Å². The number of thioether (sulfide) groups is 2. The minimum Gasteiger partial charge on any atom is -0.325 e. The van der Waals surface area contributed by atoms with Gasteiger partial charge in [-0.05, 0) is 36.6 Å². The molecule has 0 spiro atoms. The molecule has 0 saturated carbocycles. The topological polar surface area (TPSA) is 55.1 Å². The summed E-state index contributed by atoms with van der Waals surface area (Å²) in [4.78, 5) is 12.2. The summed E-state index contributed by atoms with van der Waals surface area (Å²) in [5.74, 6) is -1.97. The molecule has 0 aliphatic heterocycles. The molecule has 1 amide bonds. The Hall–Kier alpha value is -0.500. The molecular weight excluding hydrogens is 326 g/mol. The third-order valence-corrected chi connectivity index (χ3v) is 3.64. The second-order valence-corrected chi connectivity index (χ2v) is 5.83. The molecule has 3 nitrogen and oxygen atoms in total. The van der Waals surface area contributed by atoms with Gasteiger partial charge in [-0.2, -0.15) is 20.5 Å². The van der Waals surface area contributed by atoms with Gasteiger partial charge in [-0.25, -0.2) is 0 Å². The van der Waals surface area contributed by atoms with Crippen LogP contribution < -0.4 is 11.1 Å². The first-order valence-electron chi connectivity index (χ1n) is 5.63.